The fourth-order valence-corrected chi connectivity index (χ4v) is 3.35. The Morgan fingerprint density at radius 3 is 2.56 bits per heavy atom. The Morgan fingerprint density at radius 1 is 1.25 bits per heavy atom. The summed E-state index contributed by atoms with van der Waals surface area (Å²) >= 11 is 6.08. The standard InChI is InChI=1S/C25H32ClNO5/c1-5-19(20-8-7-9-21(26)16-20)11-10-17(3)14-22(15-18(4)25(31)32-6-2)27-23(28)12-13-24(29)30/h5,7-11,16,18,22H,1,6,12-15H2,2-4H3,(H,27,28)(H,29,30)/b17-10+,19-11+. The van der Waals surface area contributed by atoms with Crippen LogP contribution in [-0.4, -0.2) is 35.6 Å². The predicted molar refractivity (Wildman–Crippen MR) is 127 cm³/mol. The predicted octanol–water partition coefficient (Wildman–Crippen LogP) is 5.18. The number of hydrogen-bond acceptors (Lipinski definition) is 4. The number of rotatable bonds is 13. The summed E-state index contributed by atoms with van der Waals surface area (Å²) in [6.07, 6.45) is 6.12. The molecule has 32 heavy (non-hydrogen) atoms. The lowest BCUT2D eigenvalue weighted by atomic mass is 9.95. The Morgan fingerprint density at radius 2 is 1.97 bits per heavy atom. The fraction of sp³-hybridized carbons (Fsp3) is 0.400. The van der Waals surface area contributed by atoms with Crippen LogP contribution in [0.4, 0.5) is 0 Å². The summed E-state index contributed by atoms with van der Waals surface area (Å²) in [7, 11) is 0. The Labute approximate surface area is 195 Å². The first kappa shape index (κ1) is 27.2. The van der Waals surface area contributed by atoms with Gasteiger partial charge in [0.2, 0.25) is 5.91 Å². The highest BCUT2D eigenvalue weighted by atomic mass is 35.5. The summed E-state index contributed by atoms with van der Waals surface area (Å²) in [6, 6.07) is 7.12. The molecule has 0 bridgehead atoms. The van der Waals surface area contributed by atoms with E-state index in [0.717, 1.165) is 16.7 Å². The Balaban J connectivity index is 2.96. The SMILES string of the molecule is C=C/C(=C\C=C(/C)CC(CC(C)C(=O)OCC)NC(=O)CCC(=O)O)c1cccc(Cl)c1. The van der Waals surface area contributed by atoms with Crippen molar-refractivity contribution in [1.82, 2.24) is 5.32 Å². The largest absolute Gasteiger partial charge is 0.481 e. The third-order valence-electron chi connectivity index (χ3n) is 4.75. The van der Waals surface area contributed by atoms with Gasteiger partial charge in [-0.15, -0.1) is 0 Å². The molecule has 2 atom stereocenters. The van der Waals surface area contributed by atoms with Gasteiger partial charge >= 0.3 is 11.9 Å². The van der Waals surface area contributed by atoms with Crippen molar-refractivity contribution in [2.75, 3.05) is 6.61 Å². The number of ether oxygens (including phenoxy) is 1. The maximum absolute atomic E-state index is 12.2. The zero-order chi connectivity index (χ0) is 24.1. The Bertz CT molecular complexity index is 875. The summed E-state index contributed by atoms with van der Waals surface area (Å²) in [5, 5.41) is 12.3. The monoisotopic (exact) mass is 461 g/mol. The van der Waals surface area contributed by atoms with Crippen LogP contribution >= 0.6 is 11.6 Å². The van der Waals surface area contributed by atoms with Crippen molar-refractivity contribution in [3.05, 3.63) is 65.2 Å². The molecular weight excluding hydrogens is 430 g/mol. The van der Waals surface area contributed by atoms with Gasteiger partial charge in [-0.05, 0) is 50.0 Å². The van der Waals surface area contributed by atoms with Gasteiger partial charge < -0.3 is 15.2 Å². The first-order valence-corrected chi connectivity index (χ1v) is 11.0. The van der Waals surface area contributed by atoms with E-state index < -0.39 is 11.9 Å². The van der Waals surface area contributed by atoms with Crippen molar-refractivity contribution in [2.24, 2.45) is 5.92 Å². The van der Waals surface area contributed by atoms with Crippen LogP contribution in [-0.2, 0) is 19.1 Å². The highest BCUT2D eigenvalue weighted by molar-refractivity contribution is 6.30. The zero-order valence-corrected chi connectivity index (χ0v) is 19.7. The topological polar surface area (TPSA) is 92.7 Å². The average Bonchev–Trinajstić information content (AvgIpc) is 2.72. The minimum Gasteiger partial charge on any atom is -0.481 e. The van der Waals surface area contributed by atoms with Gasteiger partial charge in [0.15, 0.2) is 0 Å². The second kappa shape index (κ2) is 14.2. The summed E-state index contributed by atoms with van der Waals surface area (Å²) in [4.78, 5) is 35.0. The second-order valence-electron chi connectivity index (χ2n) is 7.60. The second-order valence-corrected chi connectivity index (χ2v) is 8.04. The molecule has 1 amide bonds. The lowest BCUT2D eigenvalue weighted by molar-refractivity contribution is -0.148. The third kappa shape index (κ3) is 10.4. The first-order chi connectivity index (χ1) is 15.2. The smallest absolute Gasteiger partial charge is 0.308 e. The maximum atomic E-state index is 12.2. The van der Waals surface area contributed by atoms with Crippen molar-refractivity contribution in [2.45, 2.75) is 52.5 Å². The van der Waals surface area contributed by atoms with E-state index in [0.29, 0.717) is 17.9 Å². The molecule has 0 aliphatic heterocycles. The molecule has 7 heteroatoms. The van der Waals surface area contributed by atoms with Crippen molar-refractivity contribution < 1.29 is 24.2 Å². The molecule has 2 unspecified atom stereocenters. The lowest BCUT2D eigenvalue weighted by Crippen LogP contribution is -2.37. The van der Waals surface area contributed by atoms with Gasteiger partial charge in [0.05, 0.1) is 18.9 Å². The number of carboxylic acid groups (broad SMARTS) is 1. The number of amides is 1. The van der Waals surface area contributed by atoms with Gasteiger partial charge in [0, 0.05) is 17.5 Å². The van der Waals surface area contributed by atoms with Crippen LogP contribution in [0.3, 0.4) is 0 Å². The van der Waals surface area contributed by atoms with Crippen LogP contribution in [0.1, 0.15) is 52.0 Å². The van der Waals surface area contributed by atoms with Crippen molar-refractivity contribution in [3.63, 3.8) is 0 Å². The number of halogens is 1. The molecule has 0 radical (unpaired) electrons. The first-order valence-electron chi connectivity index (χ1n) is 10.6. The van der Waals surface area contributed by atoms with Crippen molar-refractivity contribution in [3.8, 4) is 0 Å². The van der Waals surface area contributed by atoms with E-state index in [1.165, 1.54) is 0 Å². The quantitative estimate of drug-likeness (QED) is 0.311. The maximum Gasteiger partial charge on any atom is 0.308 e. The molecule has 2 N–H and O–H groups in total. The number of benzene rings is 1. The minimum atomic E-state index is -1.03. The summed E-state index contributed by atoms with van der Waals surface area (Å²) in [6.45, 7) is 9.57. The minimum absolute atomic E-state index is 0.113. The van der Waals surface area contributed by atoms with Gasteiger partial charge in [-0.1, -0.05) is 61.0 Å². The van der Waals surface area contributed by atoms with Crippen LogP contribution in [0.2, 0.25) is 5.02 Å². The number of carbonyl (C=O) groups excluding carboxylic acids is 2. The van der Waals surface area contributed by atoms with E-state index in [9.17, 15) is 14.4 Å². The lowest BCUT2D eigenvalue weighted by Gasteiger charge is -2.22. The van der Waals surface area contributed by atoms with E-state index in [2.05, 4.69) is 11.9 Å². The Hall–Kier alpha value is -2.86. The van der Waals surface area contributed by atoms with Gasteiger partial charge in [0.25, 0.3) is 0 Å². The number of aliphatic carboxylic acids is 1. The van der Waals surface area contributed by atoms with E-state index in [-0.39, 0.29) is 37.4 Å². The number of carbonyl (C=O) groups is 3. The van der Waals surface area contributed by atoms with Crippen LogP contribution < -0.4 is 5.32 Å². The molecule has 0 spiro atoms. The van der Waals surface area contributed by atoms with Gasteiger partial charge in [0.1, 0.15) is 0 Å². The molecule has 0 aromatic heterocycles. The molecule has 1 aromatic rings. The molecular formula is C25H32ClNO5. The van der Waals surface area contributed by atoms with E-state index in [4.69, 9.17) is 21.4 Å². The molecule has 0 heterocycles. The van der Waals surface area contributed by atoms with E-state index in [1.54, 1.807) is 26.0 Å². The summed E-state index contributed by atoms with van der Waals surface area (Å²) < 4.78 is 5.07. The third-order valence-corrected chi connectivity index (χ3v) is 4.99. The normalized spacial score (nSPS) is 13.8. The summed E-state index contributed by atoms with van der Waals surface area (Å²) in [5.41, 5.74) is 2.81. The molecule has 0 aliphatic rings. The zero-order valence-electron chi connectivity index (χ0n) is 18.9. The summed E-state index contributed by atoms with van der Waals surface area (Å²) in [5.74, 6) is -2.12. The number of hydrogen-bond donors (Lipinski definition) is 2. The van der Waals surface area contributed by atoms with Gasteiger partial charge in [-0.25, -0.2) is 0 Å². The number of esters is 1. The molecule has 174 valence electrons. The van der Waals surface area contributed by atoms with Gasteiger partial charge in [-0.3, -0.25) is 14.4 Å². The van der Waals surface area contributed by atoms with Crippen LogP contribution in [0.5, 0.6) is 0 Å². The molecule has 0 saturated heterocycles. The van der Waals surface area contributed by atoms with E-state index in [1.807, 2.05) is 37.3 Å². The molecule has 0 aliphatic carbocycles. The highest BCUT2D eigenvalue weighted by Crippen LogP contribution is 2.21. The van der Waals surface area contributed by atoms with Crippen LogP contribution in [0.25, 0.3) is 5.57 Å². The number of nitrogens with one attached hydrogen (secondary N) is 1. The highest BCUT2D eigenvalue weighted by Gasteiger charge is 2.22. The van der Waals surface area contributed by atoms with E-state index >= 15 is 0 Å². The van der Waals surface area contributed by atoms with Crippen molar-refractivity contribution in [1.29, 1.82) is 0 Å². The number of allylic oxidation sites excluding steroid dienone is 4. The molecule has 6 nitrogen and oxygen atoms in total. The van der Waals surface area contributed by atoms with Gasteiger partial charge in [-0.2, -0.15) is 0 Å². The number of carboxylic acids is 1. The van der Waals surface area contributed by atoms with Crippen molar-refractivity contribution >= 4 is 35.0 Å². The molecule has 0 fully saturated rings. The fourth-order valence-electron chi connectivity index (χ4n) is 3.16. The Kier molecular flexibility index (Phi) is 12.1. The van der Waals surface area contributed by atoms with Crippen LogP contribution in [0.15, 0.2) is 54.6 Å². The molecule has 0 saturated carbocycles. The van der Waals surface area contributed by atoms with Crippen LogP contribution in [0, 0.1) is 5.92 Å². The molecule has 1 aromatic carbocycles. The average molecular weight is 462 g/mol. The molecule has 1 rings (SSSR count).